The summed E-state index contributed by atoms with van der Waals surface area (Å²) < 4.78 is 0. The van der Waals surface area contributed by atoms with E-state index in [-0.39, 0.29) is 0 Å². The molecule has 0 fully saturated rings. The van der Waals surface area contributed by atoms with Crippen molar-refractivity contribution >= 4 is 5.69 Å². The van der Waals surface area contributed by atoms with Crippen LogP contribution in [0, 0.1) is 6.92 Å². The van der Waals surface area contributed by atoms with Crippen LogP contribution in [0.2, 0.25) is 0 Å². The van der Waals surface area contributed by atoms with E-state index in [4.69, 9.17) is 0 Å². The number of nitrogens with one attached hydrogen (secondary N) is 1. The first-order valence-electron chi connectivity index (χ1n) is 5.62. The number of aryl methyl sites for hydroxylation is 1. The fourth-order valence-electron chi connectivity index (χ4n) is 2.22. The van der Waals surface area contributed by atoms with Crippen LogP contribution in [0.25, 0.3) is 11.1 Å². The average Bonchev–Trinajstić information content (AvgIpc) is 2.76. The Hall–Kier alpha value is -1.83. The van der Waals surface area contributed by atoms with E-state index in [1.54, 1.807) is 0 Å². The molecule has 3 rings (SSSR count). The molecule has 1 aliphatic rings. The van der Waals surface area contributed by atoms with Crippen LogP contribution in [0.5, 0.6) is 0 Å². The van der Waals surface area contributed by atoms with Gasteiger partial charge in [-0.25, -0.2) is 0 Å². The molecule has 1 aromatic carbocycles. The summed E-state index contributed by atoms with van der Waals surface area (Å²) in [5, 5.41) is 3.41. The number of rotatable bonds is 1. The molecule has 0 bridgehead atoms. The van der Waals surface area contributed by atoms with Gasteiger partial charge in [0.05, 0.1) is 0 Å². The predicted molar refractivity (Wildman–Crippen MR) is 66.6 cm³/mol. The van der Waals surface area contributed by atoms with Crippen LogP contribution in [-0.2, 0) is 6.42 Å². The van der Waals surface area contributed by atoms with Gasteiger partial charge in [-0.2, -0.15) is 0 Å². The highest BCUT2D eigenvalue weighted by atomic mass is 14.9. The summed E-state index contributed by atoms with van der Waals surface area (Å²) in [6.07, 6.45) is 4.91. The van der Waals surface area contributed by atoms with Crippen molar-refractivity contribution < 1.29 is 0 Å². The zero-order chi connectivity index (χ0) is 11.0. The molecular weight excluding hydrogens is 196 g/mol. The third kappa shape index (κ3) is 1.47. The van der Waals surface area contributed by atoms with Crippen LogP contribution < -0.4 is 5.32 Å². The smallest absolute Gasteiger partial charge is 0.0379 e. The Kier molecular flexibility index (Phi) is 2.13. The van der Waals surface area contributed by atoms with Crippen LogP contribution in [-0.4, -0.2) is 11.5 Å². The van der Waals surface area contributed by atoms with E-state index < -0.39 is 0 Å². The molecular formula is C14H14N2. The fourth-order valence-corrected chi connectivity index (χ4v) is 2.22. The summed E-state index contributed by atoms with van der Waals surface area (Å²) in [6, 6.07) is 8.69. The molecule has 0 saturated carbocycles. The van der Waals surface area contributed by atoms with Gasteiger partial charge in [0.25, 0.3) is 0 Å². The third-order valence-electron chi connectivity index (χ3n) is 3.17. The van der Waals surface area contributed by atoms with Crippen molar-refractivity contribution in [3.8, 4) is 11.1 Å². The summed E-state index contributed by atoms with van der Waals surface area (Å²) in [6.45, 7) is 3.18. The normalized spacial score (nSPS) is 13.3. The number of anilines is 1. The highest BCUT2D eigenvalue weighted by Crippen LogP contribution is 2.29. The Morgan fingerprint density at radius 3 is 3.06 bits per heavy atom. The van der Waals surface area contributed by atoms with Gasteiger partial charge in [-0.05, 0) is 42.2 Å². The van der Waals surface area contributed by atoms with E-state index in [2.05, 4.69) is 41.5 Å². The van der Waals surface area contributed by atoms with Crippen LogP contribution in [0.3, 0.4) is 0 Å². The predicted octanol–water partition coefficient (Wildman–Crippen LogP) is 3.03. The van der Waals surface area contributed by atoms with Crippen molar-refractivity contribution in [2.75, 3.05) is 11.9 Å². The van der Waals surface area contributed by atoms with Gasteiger partial charge in [-0.15, -0.1) is 0 Å². The van der Waals surface area contributed by atoms with Crippen LogP contribution in [0.15, 0.2) is 36.7 Å². The Bertz CT molecular complexity index is 532. The lowest BCUT2D eigenvalue weighted by atomic mass is 10.0. The molecule has 16 heavy (non-hydrogen) atoms. The van der Waals surface area contributed by atoms with E-state index in [9.17, 15) is 0 Å². The van der Waals surface area contributed by atoms with Crippen molar-refractivity contribution in [3.05, 3.63) is 47.8 Å². The van der Waals surface area contributed by atoms with E-state index in [0.29, 0.717) is 0 Å². The summed E-state index contributed by atoms with van der Waals surface area (Å²) in [5.41, 5.74) is 6.44. The highest BCUT2D eigenvalue weighted by molar-refractivity contribution is 5.72. The number of hydrogen-bond acceptors (Lipinski definition) is 2. The lowest BCUT2D eigenvalue weighted by molar-refractivity contribution is 1.11. The van der Waals surface area contributed by atoms with Crippen LogP contribution in [0.4, 0.5) is 5.69 Å². The van der Waals surface area contributed by atoms with Crippen molar-refractivity contribution in [1.29, 1.82) is 0 Å². The SMILES string of the molecule is Cc1ccncc1-c1ccc2c(c1)NCC2. The molecule has 0 atom stereocenters. The van der Waals surface area contributed by atoms with Gasteiger partial charge < -0.3 is 5.32 Å². The largest absolute Gasteiger partial charge is 0.384 e. The number of hydrogen-bond donors (Lipinski definition) is 1. The first-order chi connectivity index (χ1) is 7.84. The van der Waals surface area contributed by atoms with E-state index in [1.165, 1.54) is 27.9 Å². The third-order valence-corrected chi connectivity index (χ3v) is 3.17. The summed E-state index contributed by atoms with van der Waals surface area (Å²) in [5.74, 6) is 0. The second-order valence-electron chi connectivity index (χ2n) is 4.24. The Morgan fingerprint density at radius 2 is 2.19 bits per heavy atom. The van der Waals surface area contributed by atoms with Gasteiger partial charge in [0, 0.05) is 30.2 Å². The number of pyridine rings is 1. The molecule has 0 amide bonds. The van der Waals surface area contributed by atoms with Gasteiger partial charge in [-0.3, -0.25) is 4.98 Å². The maximum atomic E-state index is 4.20. The monoisotopic (exact) mass is 210 g/mol. The molecule has 2 aromatic rings. The summed E-state index contributed by atoms with van der Waals surface area (Å²) in [7, 11) is 0. The zero-order valence-corrected chi connectivity index (χ0v) is 9.33. The lowest BCUT2D eigenvalue weighted by Crippen LogP contribution is -1.91. The Morgan fingerprint density at radius 1 is 1.25 bits per heavy atom. The highest BCUT2D eigenvalue weighted by Gasteiger charge is 2.11. The molecule has 2 heterocycles. The van der Waals surface area contributed by atoms with Gasteiger partial charge >= 0.3 is 0 Å². The van der Waals surface area contributed by atoms with Gasteiger partial charge in [0.2, 0.25) is 0 Å². The Balaban J connectivity index is 2.11. The topological polar surface area (TPSA) is 24.9 Å². The van der Waals surface area contributed by atoms with Crippen LogP contribution >= 0.6 is 0 Å². The Labute approximate surface area is 95.3 Å². The molecule has 0 aliphatic carbocycles. The molecule has 1 aliphatic heterocycles. The number of fused-ring (bicyclic) bond motifs is 1. The number of nitrogens with zero attached hydrogens (tertiary/aromatic N) is 1. The van der Waals surface area contributed by atoms with Crippen molar-refractivity contribution in [2.45, 2.75) is 13.3 Å². The molecule has 0 saturated heterocycles. The van der Waals surface area contributed by atoms with Crippen molar-refractivity contribution in [2.24, 2.45) is 0 Å². The van der Waals surface area contributed by atoms with Crippen LogP contribution in [0.1, 0.15) is 11.1 Å². The molecule has 0 radical (unpaired) electrons. The lowest BCUT2D eigenvalue weighted by Gasteiger charge is -2.07. The first kappa shape index (κ1) is 9.40. The average molecular weight is 210 g/mol. The van der Waals surface area contributed by atoms with E-state index >= 15 is 0 Å². The van der Waals surface area contributed by atoms with Gasteiger partial charge in [0.1, 0.15) is 0 Å². The first-order valence-corrected chi connectivity index (χ1v) is 5.62. The molecule has 80 valence electrons. The summed E-state index contributed by atoms with van der Waals surface area (Å²) in [4.78, 5) is 4.20. The van der Waals surface area contributed by atoms with Gasteiger partial charge in [0.15, 0.2) is 0 Å². The molecule has 0 unspecified atom stereocenters. The minimum absolute atomic E-state index is 1.06. The molecule has 2 heteroatoms. The molecule has 0 spiro atoms. The van der Waals surface area contributed by atoms with Crippen molar-refractivity contribution in [1.82, 2.24) is 4.98 Å². The quantitative estimate of drug-likeness (QED) is 0.782. The molecule has 1 N–H and O–H groups in total. The zero-order valence-electron chi connectivity index (χ0n) is 9.33. The molecule has 1 aromatic heterocycles. The van der Waals surface area contributed by atoms with E-state index in [1.807, 2.05) is 12.4 Å². The standard InChI is InChI=1S/C14H14N2/c1-10-4-6-15-9-13(10)12-3-2-11-5-7-16-14(11)8-12/h2-4,6,8-9,16H,5,7H2,1H3. The van der Waals surface area contributed by atoms with E-state index in [0.717, 1.165) is 13.0 Å². The molecule has 2 nitrogen and oxygen atoms in total. The minimum Gasteiger partial charge on any atom is -0.384 e. The number of benzene rings is 1. The minimum atomic E-state index is 1.06. The second-order valence-corrected chi connectivity index (χ2v) is 4.24. The summed E-state index contributed by atoms with van der Waals surface area (Å²) >= 11 is 0. The second kappa shape index (κ2) is 3.63. The fraction of sp³-hybridized carbons (Fsp3) is 0.214. The van der Waals surface area contributed by atoms with Crippen molar-refractivity contribution in [3.63, 3.8) is 0 Å². The maximum Gasteiger partial charge on any atom is 0.0379 e. The maximum absolute atomic E-state index is 4.20. The number of aromatic nitrogens is 1. The van der Waals surface area contributed by atoms with Gasteiger partial charge in [-0.1, -0.05) is 12.1 Å².